The number of benzene rings is 5. The summed E-state index contributed by atoms with van der Waals surface area (Å²) in [5.74, 6) is 1.63. The molecule has 0 aliphatic carbocycles. The molecule has 0 radical (unpaired) electrons. The van der Waals surface area contributed by atoms with Crippen LogP contribution in [-0.4, -0.2) is 29.8 Å². The molecule has 5 aromatic carbocycles. The Labute approximate surface area is 309 Å². The van der Waals surface area contributed by atoms with Crippen LogP contribution in [0, 0.1) is 5.21 Å². The maximum Gasteiger partial charge on any atom is 0.243 e. The number of rotatable bonds is 12. The molecule has 8 aromatic rings. The number of tetrazole rings is 1. The monoisotopic (exact) mass is 693 g/mol. The second kappa shape index (κ2) is 14.9. The Hall–Kier alpha value is -6.67. The molecule has 8 rings (SSSR count). The summed E-state index contributed by atoms with van der Waals surface area (Å²) in [5, 5.41) is 26.4. The number of unbranched alkanes of at least 4 members (excludes halogenated alkanes) is 1. The smallest absolute Gasteiger partial charge is 0.243 e. The van der Waals surface area contributed by atoms with Crippen molar-refractivity contribution >= 4 is 0 Å². The number of imidazole rings is 1. The SMILES string of the molecule is CCCCc1nc(-c2cccc[n+]2[O-])cn1Cc1ccc(-c2ccccc2-c2nnnn2C(c2ccccc2)(c2ccccc2)c2ccccc2)cc1. The Morgan fingerprint density at radius 1 is 0.660 bits per heavy atom. The van der Waals surface area contributed by atoms with E-state index in [0.717, 1.165) is 68.8 Å². The first-order valence-corrected chi connectivity index (χ1v) is 18.1. The van der Waals surface area contributed by atoms with Gasteiger partial charge in [-0.05, 0) is 56.3 Å². The van der Waals surface area contributed by atoms with Crippen LogP contribution in [-0.2, 0) is 18.5 Å². The lowest BCUT2D eigenvalue weighted by molar-refractivity contribution is -0.593. The topological polar surface area (TPSA) is 88.4 Å². The Kier molecular flexibility index (Phi) is 9.41. The number of aryl methyl sites for hydroxylation is 1. The second-order valence-corrected chi connectivity index (χ2v) is 13.2. The van der Waals surface area contributed by atoms with E-state index in [2.05, 4.69) is 132 Å². The van der Waals surface area contributed by atoms with Crippen molar-refractivity contribution in [3.63, 3.8) is 0 Å². The highest BCUT2D eigenvalue weighted by Crippen LogP contribution is 2.43. The minimum Gasteiger partial charge on any atom is -0.618 e. The summed E-state index contributed by atoms with van der Waals surface area (Å²) in [7, 11) is 0. The highest BCUT2D eigenvalue weighted by atomic mass is 16.5. The van der Waals surface area contributed by atoms with Crippen LogP contribution in [0.1, 0.15) is 47.8 Å². The van der Waals surface area contributed by atoms with E-state index in [-0.39, 0.29) is 0 Å². The lowest BCUT2D eigenvalue weighted by Crippen LogP contribution is -2.39. The molecule has 0 amide bonds. The summed E-state index contributed by atoms with van der Waals surface area (Å²) in [4.78, 5) is 4.89. The molecule has 53 heavy (non-hydrogen) atoms. The number of hydrogen-bond donors (Lipinski definition) is 0. The van der Waals surface area contributed by atoms with Crippen molar-refractivity contribution < 1.29 is 4.73 Å². The van der Waals surface area contributed by atoms with Crippen LogP contribution >= 0.6 is 0 Å². The molecular weight excluding hydrogens is 655 g/mol. The van der Waals surface area contributed by atoms with E-state index >= 15 is 0 Å². The Morgan fingerprint density at radius 2 is 1.25 bits per heavy atom. The molecule has 3 heterocycles. The fourth-order valence-corrected chi connectivity index (χ4v) is 7.28. The molecule has 0 fully saturated rings. The summed E-state index contributed by atoms with van der Waals surface area (Å²) < 4.78 is 5.03. The fourth-order valence-electron chi connectivity index (χ4n) is 7.28. The quantitative estimate of drug-likeness (QED) is 0.0726. The molecule has 0 unspecified atom stereocenters. The third kappa shape index (κ3) is 6.40. The molecule has 0 atom stereocenters. The molecule has 0 bridgehead atoms. The molecule has 260 valence electrons. The van der Waals surface area contributed by atoms with E-state index in [1.165, 1.54) is 6.20 Å². The maximum absolute atomic E-state index is 12.5. The van der Waals surface area contributed by atoms with E-state index in [1.807, 2.05) is 47.3 Å². The lowest BCUT2D eigenvalue weighted by atomic mass is 9.77. The second-order valence-electron chi connectivity index (χ2n) is 13.2. The number of aromatic nitrogens is 7. The van der Waals surface area contributed by atoms with Gasteiger partial charge in [0.05, 0.1) is 0 Å². The first-order valence-electron chi connectivity index (χ1n) is 18.1. The molecular formula is C45H39N7O. The van der Waals surface area contributed by atoms with Gasteiger partial charge in [0.2, 0.25) is 5.69 Å². The maximum atomic E-state index is 12.5. The van der Waals surface area contributed by atoms with Gasteiger partial charge < -0.3 is 9.77 Å². The van der Waals surface area contributed by atoms with Gasteiger partial charge in [0.25, 0.3) is 0 Å². The molecule has 0 aliphatic rings. The summed E-state index contributed by atoms with van der Waals surface area (Å²) >= 11 is 0. The van der Waals surface area contributed by atoms with Crippen LogP contribution in [0.5, 0.6) is 0 Å². The zero-order valence-corrected chi connectivity index (χ0v) is 29.5. The highest BCUT2D eigenvalue weighted by molar-refractivity contribution is 5.81. The van der Waals surface area contributed by atoms with Crippen LogP contribution in [0.2, 0.25) is 0 Å². The van der Waals surface area contributed by atoms with Crippen LogP contribution in [0.4, 0.5) is 0 Å². The minimum absolute atomic E-state index is 0.550. The molecule has 8 heteroatoms. The number of nitrogens with zero attached hydrogens (tertiary/aromatic N) is 7. The van der Waals surface area contributed by atoms with Gasteiger partial charge in [0.1, 0.15) is 11.4 Å². The third-order valence-electron chi connectivity index (χ3n) is 9.85. The van der Waals surface area contributed by atoms with E-state index in [9.17, 15) is 5.21 Å². The van der Waals surface area contributed by atoms with Crippen LogP contribution in [0.25, 0.3) is 33.9 Å². The number of hydrogen-bond acceptors (Lipinski definition) is 5. The largest absolute Gasteiger partial charge is 0.618 e. The molecule has 3 aromatic heterocycles. The van der Waals surface area contributed by atoms with Gasteiger partial charge in [0, 0.05) is 36.9 Å². The average Bonchev–Trinajstić information content (AvgIpc) is 3.87. The summed E-state index contributed by atoms with van der Waals surface area (Å²) in [6.45, 7) is 2.82. The Balaban J connectivity index is 1.19. The van der Waals surface area contributed by atoms with Crippen molar-refractivity contribution in [3.05, 3.63) is 203 Å². The summed E-state index contributed by atoms with van der Waals surface area (Å²) in [6, 6.07) is 53.7. The average molecular weight is 694 g/mol. The first-order chi connectivity index (χ1) is 26.2. The predicted octanol–water partition coefficient (Wildman–Crippen LogP) is 8.74. The van der Waals surface area contributed by atoms with Crippen molar-refractivity contribution in [2.75, 3.05) is 0 Å². The zero-order chi connectivity index (χ0) is 36.0. The van der Waals surface area contributed by atoms with Crippen molar-refractivity contribution in [2.24, 2.45) is 0 Å². The van der Waals surface area contributed by atoms with E-state index in [4.69, 9.17) is 15.3 Å². The molecule has 0 N–H and O–H groups in total. The van der Waals surface area contributed by atoms with Gasteiger partial charge in [-0.15, -0.1) is 5.10 Å². The lowest BCUT2D eigenvalue weighted by Gasteiger charge is -2.36. The van der Waals surface area contributed by atoms with Gasteiger partial charge in [-0.25, -0.2) is 9.67 Å². The molecule has 8 nitrogen and oxygen atoms in total. The molecule has 0 aliphatic heterocycles. The standard InChI is InChI=1S/C45H39N7O/c1-2-3-26-43-46-41(42-25-15-16-31-51(42)53)33-50(43)32-34-27-29-35(30-28-34)39-23-13-14-24-40(39)44-47-48-49-52(44)45(36-17-7-4-8-18-36,37-19-9-5-10-20-37)38-21-11-6-12-22-38/h4-25,27-31,33H,2-3,26,32H2,1H3. The predicted molar refractivity (Wildman–Crippen MR) is 208 cm³/mol. The fraction of sp³-hybridized carbons (Fsp3) is 0.133. The van der Waals surface area contributed by atoms with Crippen molar-refractivity contribution in [1.82, 2.24) is 29.8 Å². The number of pyridine rings is 1. The van der Waals surface area contributed by atoms with Crippen LogP contribution in [0.15, 0.2) is 170 Å². The molecule has 0 saturated carbocycles. The van der Waals surface area contributed by atoms with Gasteiger partial charge in [-0.1, -0.05) is 153 Å². The van der Waals surface area contributed by atoms with Gasteiger partial charge >= 0.3 is 0 Å². The minimum atomic E-state index is -0.857. The Bertz CT molecular complexity index is 2320. The van der Waals surface area contributed by atoms with Gasteiger partial charge in [0.15, 0.2) is 17.7 Å². The van der Waals surface area contributed by atoms with E-state index in [1.54, 1.807) is 6.07 Å². The van der Waals surface area contributed by atoms with Crippen molar-refractivity contribution in [2.45, 2.75) is 38.3 Å². The molecule has 0 saturated heterocycles. The Morgan fingerprint density at radius 3 is 1.85 bits per heavy atom. The summed E-state index contributed by atoms with van der Waals surface area (Å²) in [6.07, 6.45) is 6.45. The van der Waals surface area contributed by atoms with Crippen LogP contribution in [0.3, 0.4) is 0 Å². The zero-order valence-electron chi connectivity index (χ0n) is 29.5. The molecule has 0 spiro atoms. The van der Waals surface area contributed by atoms with Crippen molar-refractivity contribution in [3.8, 4) is 33.9 Å². The summed E-state index contributed by atoms with van der Waals surface area (Å²) in [5.41, 5.74) is 7.66. The highest BCUT2D eigenvalue weighted by Gasteiger charge is 2.42. The van der Waals surface area contributed by atoms with Crippen molar-refractivity contribution in [1.29, 1.82) is 0 Å². The van der Waals surface area contributed by atoms with E-state index < -0.39 is 5.54 Å². The van der Waals surface area contributed by atoms with E-state index in [0.29, 0.717) is 23.8 Å². The first kappa shape index (κ1) is 33.5. The van der Waals surface area contributed by atoms with Gasteiger partial charge in [-0.3, -0.25) is 0 Å². The van der Waals surface area contributed by atoms with Gasteiger partial charge in [-0.2, -0.15) is 4.73 Å². The van der Waals surface area contributed by atoms with Crippen LogP contribution < -0.4 is 4.73 Å². The third-order valence-corrected chi connectivity index (χ3v) is 9.85. The normalized spacial score (nSPS) is 11.5.